The highest BCUT2D eigenvalue weighted by Crippen LogP contribution is 2.45. The molecule has 0 aromatic heterocycles. The molecule has 0 spiro atoms. The van der Waals surface area contributed by atoms with E-state index in [9.17, 15) is 43.2 Å². The summed E-state index contributed by atoms with van der Waals surface area (Å²) in [6.07, 6.45) is 77.9. The number of carbonyl (C=O) groups excluding carboxylic acids is 4. The number of carbonyl (C=O) groups is 4. The van der Waals surface area contributed by atoms with Gasteiger partial charge in [-0.3, -0.25) is 37.3 Å². The van der Waals surface area contributed by atoms with Gasteiger partial charge >= 0.3 is 39.5 Å². The van der Waals surface area contributed by atoms with Crippen molar-refractivity contribution in [2.24, 2.45) is 0 Å². The fraction of sp³-hybridized carbons (Fsp3) is 0.728. The van der Waals surface area contributed by atoms with Gasteiger partial charge in [0, 0.05) is 25.7 Å². The van der Waals surface area contributed by atoms with E-state index in [0.717, 1.165) is 167 Å². The lowest BCUT2D eigenvalue weighted by Crippen LogP contribution is -2.30. The molecule has 5 unspecified atom stereocenters. The predicted octanol–water partition coefficient (Wildman–Crippen LogP) is 22.6. The van der Waals surface area contributed by atoms with Crippen molar-refractivity contribution in [2.75, 3.05) is 39.6 Å². The van der Waals surface area contributed by atoms with Crippen molar-refractivity contribution in [3.05, 3.63) is 109 Å². The highest BCUT2D eigenvalue weighted by atomic mass is 31.2. The van der Waals surface area contributed by atoms with E-state index >= 15 is 0 Å². The average molecular weight is 1450 g/mol. The lowest BCUT2D eigenvalue weighted by Gasteiger charge is -2.21. The second-order valence-corrected chi connectivity index (χ2v) is 28.8. The molecule has 0 aliphatic rings. The lowest BCUT2D eigenvalue weighted by molar-refractivity contribution is -0.161. The van der Waals surface area contributed by atoms with Crippen LogP contribution in [0.4, 0.5) is 0 Å². The second kappa shape index (κ2) is 73.0. The molecule has 17 nitrogen and oxygen atoms in total. The van der Waals surface area contributed by atoms with E-state index in [0.29, 0.717) is 25.7 Å². The van der Waals surface area contributed by atoms with Crippen molar-refractivity contribution in [1.82, 2.24) is 0 Å². The molecule has 0 aliphatic carbocycles. The number of rotatable bonds is 73. The zero-order valence-electron chi connectivity index (χ0n) is 62.8. The van der Waals surface area contributed by atoms with Crippen LogP contribution in [0.1, 0.15) is 323 Å². The minimum absolute atomic E-state index is 0.0664. The van der Waals surface area contributed by atoms with Gasteiger partial charge in [0.25, 0.3) is 0 Å². The third kappa shape index (κ3) is 72.1. The van der Waals surface area contributed by atoms with Crippen molar-refractivity contribution >= 4 is 39.5 Å². The molecule has 0 radical (unpaired) electrons. The largest absolute Gasteiger partial charge is 0.472 e. The van der Waals surface area contributed by atoms with Crippen molar-refractivity contribution in [3.8, 4) is 0 Å². The van der Waals surface area contributed by atoms with Crippen LogP contribution in [0, 0.1) is 0 Å². The normalized spacial score (nSPS) is 14.5. The summed E-state index contributed by atoms with van der Waals surface area (Å²) >= 11 is 0. The molecule has 0 aromatic rings. The molecular weight excluding hydrogens is 1310 g/mol. The van der Waals surface area contributed by atoms with Crippen LogP contribution in [0.3, 0.4) is 0 Å². The van der Waals surface area contributed by atoms with Crippen molar-refractivity contribution in [1.29, 1.82) is 0 Å². The Balaban J connectivity index is 5.37. The molecule has 0 saturated carbocycles. The van der Waals surface area contributed by atoms with Crippen molar-refractivity contribution in [3.63, 3.8) is 0 Å². The molecule has 0 amide bonds. The molecular formula is C81H140O17P2. The third-order valence-corrected chi connectivity index (χ3v) is 18.1. The molecule has 0 aromatic carbocycles. The maximum atomic E-state index is 13.1. The van der Waals surface area contributed by atoms with E-state index < -0.39 is 97.5 Å². The number of phosphoric ester groups is 2. The molecule has 0 aliphatic heterocycles. The molecule has 19 heteroatoms. The summed E-state index contributed by atoms with van der Waals surface area (Å²) in [7, 11) is -9.96. The standard InChI is InChI=1S/C81H140O17P2/c1-5-9-13-17-21-25-29-32-35-36-37-38-41-43-47-50-54-58-62-66-79(84)92-72-77(98-81(86)68-64-60-56-52-48-44-40-34-31-27-23-19-15-11-7-3)74-96-100(89,90)94-70-75(82)69-93-99(87,88)95-73-76(97-80(85)67-63-59-55-51-45-28-24-20-16-12-8-4)71-91-78(83)65-61-57-53-49-46-42-39-33-30-26-22-18-14-10-6-2/h9,11,13,15,21,23,25,27,32-35,37-40,43,47,75-77,82H,5-8,10,12,14,16-20,22,24,26,28-31,36,41-42,44-46,48-74H2,1-4H3,(H,87,88)(H,89,90)/b13-9-,15-11-,25-21-,27-23-,35-32-,38-37-,39-33-,40-34-,47-43-. The fourth-order valence-corrected chi connectivity index (χ4v) is 11.9. The molecule has 100 heavy (non-hydrogen) atoms. The zero-order chi connectivity index (χ0) is 73.2. The van der Waals surface area contributed by atoms with Gasteiger partial charge in [0.05, 0.1) is 26.4 Å². The number of hydrogen-bond donors (Lipinski definition) is 3. The van der Waals surface area contributed by atoms with Crippen molar-refractivity contribution in [2.45, 2.75) is 341 Å². The Morgan fingerprint density at radius 1 is 0.290 bits per heavy atom. The van der Waals surface area contributed by atoms with Crippen LogP contribution in [0.2, 0.25) is 0 Å². The summed E-state index contributed by atoms with van der Waals surface area (Å²) in [6, 6.07) is 0. The van der Waals surface area contributed by atoms with E-state index in [-0.39, 0.29) is 25.7 Å². The third-order valence-electron chi connectivity index (χ3n) is 16.2. The number of esters is 4. The quantitative estimate of drug-likeness (QED) is 0.0169. The van der Waals surface area contributed by atoms with Crippen LogP contribution < -0.4 is 0 Å². The molecule has 0 bridgehead atoms. The number of aliphatic hydroxyl groups is 1. The zero-order valence-corrected chi connectivity index (χ0v) is 64.6. The first-order chi connectivity index (χ1) is 48.7. The van der Waals surface area contributed by atoms with Crippen LogP contribution in [-0.2, 0) is 65.4 Å². The maximum Gasteiger partial charge on any atom is 0.472 e. The number of ether oxygens (including phenoxy) is 4. The molecule has 0 fully saturated rings. The Hall–Kier alpha value is -4.28. The predicted molar refractivity (Wildman–Crippen MR) is 408 cm³/mol. The first-order valence-corrected chi connectivity index (χ1v) is 42.1. The topological polar surface area (TPSA) is 237 Å². The fourth-order valence-electron chi connectivity index (χ4n) is 10.3. The molecule has 5 atom stereocenters. The van der Waals surface area contributed by atoms with Gasteiger partial charge in [-0.05, 0) is 128 Å². The van der Waals surface area contributed by atoms with E-state index in [1.165, 1.54) is 77.0 Å². The Morgan fingerprint density at radius 3 is 0.820 bits per heavy atom. The van der Waals surface area contributed by atoms with E-state index in [4.69, 9.17) is 37.0 Å². The second-order valence-electron chi connectivity index (χ2n) is 25.9. The summed E-state index contributed by atoms with van der Waals surface area (Å²) in [4.78, 5) is 72.9. The summed E-state index contributed by atoms with van der Waals surface area (Å²) in [5.74, 6) is -2.23. The van der Waals surface area contributed by atoms with Gasteiger partial charge in [-0.25, -0.2) is 9.13 Å². The number of phosphoric acid groups is 2. The van der Waals surface area contributed by atoms with E-state index in [2.05, 4.69) is 137 Å². The number of allylic oxidation sites excluding steroid dienone is 18. The lowest BCUT2D eigenvalue weighted by atomic mass is 10.1. The van der Waals surface area contributed by atoms with Crippen LogP contribution in [0.25, 0.3) is 0 Å². The Bertz CT molecular complexity index is 2320. The SMILES string of the molecule is CC/C=C\C/C=C\C/C=C\C/C=C\C/C=C\CCCCCC(=O)OCC(COP(=O)(O)OCC(O)COP(=O)(O)OCC(COC(=O)CCCCCCC/C=C\CCCCCCCC)OC(=O)CCCCCCCCCCCCC)OC(=O)CCCCCCC/C=C\C/C=C\C/C=C\CC. The minimum atomic E-state index is -4.99. The van der Waals surface area contributed by atoms with E-state index in [1.54, 1.807) is 0 Å². The Morgan fingerprint density at radius 2 is 0.520 bits per heavy atom. The molecule has 0 heterocycles. The van der Waals surface area contributed by atoms with Crippen LogP contribution in [-0.4, -0.2) is 96.7 Å². The minimum Gasteiger partial charge on any atom is -0.462 e. The summed E-state index contributed by atoms with van der Waals surface area (Å²) in [5, 5.41) is 10.6. The highest BCUT2D eigenvalue weighted by molar-refractivity contribution is 7.47. The Kier molecular flexibility index (Phi) is 69.9. The van der Waals surface area contributed by atoms with Crippen LogP contribution >= 0.6 is 15.6 Å². The molecule has 576 valence electrons. The Labute approximate surface area is 607 Å². The van der Waals surface area contributed by atoms with Gasteiger partial charge in [0.15, 0.2) is 12.2 Å². The van der Waals surface area contributed by atoms with Gasteiger partial charge < -0.3 is 33.8 Å². The average Bonchev–Trinajstić information content (AvgIpc) is 0.985. The van der Waals surface area contributed by atoms with Crippen molar-refractivity contribution < 1.29 is 80.2 Å². The summed E-state index contributed by atoms with van der Waals surface area (Å²) in [5.41, 5.74) is 0. The smallest absolute Gasteiger partial charge is 0.462 e. The van der Waals surface area contributed by atoms with Gasteiger partial charge in [0.1, 0.15) is 19.3 Å². The van der Waals surface area contributed by atoms with E-state index in [1.807, 2.05) is 0 Å². The molecule has 3 N–H and O–H groups in total. The first kappa shape index (κ1) is 95.7. The monoisotopic (exact) mass is 1450 g/mol. The van der Waals surface area contributed by atoms with Crippen LogP contribution in [0.15, 0.2) is 109 Å². The highest BCUT2D eigenvalue weighted by Gasteiger charge is 2.30. The number of aliphatic hydroxyl groups excluding tert-OH is 1. The summed E-state index contributed by atoms with van der Waals surface area (Å²) < 4.78 is 68.5. The maximum absolute atomic E-state index is 13.1. The van der Waals surface area contributed by atoms with Gasteiger partial charge in [-0.15, -0.1) is 0 Å². The molecule has 0 saturated heterocycles. The van der Waals surface area contributed by atoms with Gasteiger partial charge in [-0.2, -0.15) is 0 Å². The number of unbranched alkanes of at least 4 members (excludes halogenated alkanes) is 29. The first-order valence-electron chi connectivity index (χ1n) is 39.1. The van der Waals surface area contributed by atoms with Gasteiger partial charge in [0.2, 0.25) is 0 Å². The van der Waals surface area contributed by atoms with Gasteiger partial charge in [-0.1, -0.05) is 278 Å². The summed E-state index contributed by atoms with van der Waals surface area (Å²) in [6.45, 7) is 4.59. The molecule has 0 rings (SSSR count). The number of hydrogen-bond acceptors (Lipinski definition) is 15. The van der Waals surface area contributed by atoms with Crippen LogP contribution in [0.5, 0.6) is 0 Å².